The summed E-state index contributed by atoms with van der Waals surface area (Å²) in [5, 5.41) is 5.02. The second-order valence-corrected chi connectivity index (χ2v) is 6.74. The van der Waals surface area contributed by atoms with E-state index in [-0.39, 0.29) is 6.04 Å². The molecule has 2 aromatic carbocycles. The maximum Gasteiger partial charge on any atom is 0.0724 e. The van der Waals surface area contributed by atoms with Crippen LogP contribution >= 0.6 is 34.8 Å². The molecule has 1 unspecified atom stereocenters. The van der Waals surface area contributed by atoms with Crippen LogP contribution in [0.1, 0.15) is 36.1 Å². The molecule has 0 aliphatic heterocycles. The van der Waals surface area contributed by atoms with Gasteiger partial charge in [0.25, 0.3) is 0 Å². The zero-order valence-corrected chi connectivity index (χ0v) is 14.0. The van der Waals surface area contributed by atoms with Crippen molar-refractivity contribution in [1.82, 2.24) is 0 Å². The molecule has 0 heterocycles. The minimum absolute atomic E-state index is 0.132. The lowest BCUT2D eigenvalue weighted by atomic mass is 10.0. The average molecular weight is 341 g/mol. The summed E-state index contributed by atoms with van der Waals surface area (Å²) in [7, 11) is 0. The molecule has 0 amide bonds. The van der Waals surface area contributed by atoms with E-state index in [0.717, 1.165) is 5.69 Å². The van der Waals surface area contributed by atoms with Crippen molar-refractivity contribution in [2.24, 2.45) is 0 Å². The van der Waals surface area contributed by atoms with Crippen molar-refractivity contribution in [2.75, 3.05) is 5.32 Å². The molecule has 1 aliphatic rings. The number of anilines is 1. The molecule has 0 saturated carbocycles. The minimum Gasteiger partial charge on any atom is -0.376 e. The highest BCUT2D eigenvalue weighted by Gasteiger charge is 2.15. The minimum atomic E-state index is 0.132. The highest BCUT2D eigenvalue weighted by molar-refractivity contribution is 6.41. The summed E-state index contributed by atoms with van der Waals surface area (Å²) >= 11 is 18.4. The Kier molecular flexibility index (Phi) is 4.35. The van der Waals surface area contributed by atoms with Gasteiger partial charge in [0, 0.05) is 11.1 Å². The molecular formula is C17H16Cl3N. The first-order valence-electron chi connectivity index (χ1n) is 7.07. The van der Waals surface area contributed by atoms with Crippen LogP contribution in [0, 0.1) is 0 Å². The van der Waals surface area contributed by atoms with Gasteiger partial charge < -0.3 is 5.32 Å². The second kappa shape index (κ2) is 6.08. The van der Waals surface area contributed by atoms with E-state index >= 15 is 0 Å². The molecular weight excluding hydrogens is 325 g/mol. The first-order valence-corrected chi connectivity index (χ1v) is 8.21. The van der Waals surface area contributed by atoms with Crippen molar-refractivity contribution in [3.63, 3.8) is 0 Å². The number of aryl methyl sites for hydroxylation is 2. The van der Waals surface area contributed by atoms with Crippen LogP contribution in [-0.2, 0) is 12.8 Å². The normalized spacial score (nSPS) is 14.9. The summed E-state index contributed by atoms with van der Waals surface area (Å²) in [5.41, 5.74) is 4.93. The van der Waals surface area contributed by atoms with Gasteiger partial charge in [-0.15, -0.1) is 0 Å². The van der Waals surface area contributed by atoms with Gasteiger partial charge in [-0.25, -0.2) is 0 Å². The Labute approximate surface area is 140 Å². The van der Waals surface area contributed by atoms with E-state index in [1.807, 2.05) is 0 Å². The number of halogens is 3. The lowest BCUT2D eigenvalue weighted by molar-refractivity contribution is 0.879. The van der Waals surface area contributed by atoms with Gasteiger partial charge in [0.1, 0.15) is 0 Å². The largest absolute Gasteiger partial charge is 0.376 e. The van der Waals surface area contributed by atoms with Gasteiger partial charge in [0.15, 0.2) is 0 Å². The average Bonchev–Trinajstić information content (AvgIpc) is 2.89. The van der Waals surface area contributed by atoms with Crippen LogP contribution in [0.4, 0.5) is 5.69 Å². The van der Waals surface area contributed by atoms with Gasteiger partial charge in [-0.2, -0.15) is 0 Å². The van der Waals surface area contributed by atoms with Crippen molar-refractivity contribution in [1.29, 1.82) is 0 Å². The lowest BCUT2D eigenvalue weighted by Gasteiger charge is -2.19. The number of nitrogens with one attached hydrogen (secondary N) is 1. The number of fused-ring (bicyclic) bond motifs is 1. The van der Waals surface area contributed by atoms with E-state index in [1.165, 1.54) is 36.0 Å². The topological polar surface area (TPSA) is 12.0 Å². The van der Waals surface area contributed by atoms with E-state index in [9.17, 15) is 0 Å². The zero-order valence-electron chi connectivity index (χ0n) is 11.7. The maximum atomic E-state index is 6.23. The molecule has 1 atom stereocenters. The van der Waals surface area contributed by atoms with Gasteiger partial charge in [0.05, 0.1) is 15.7 Å². The van der Waals surface area contributed by atoms with Crippen LogP contribution in [0.5, 0.6) is 0 Å². The summed E-state index contributed by atoms with van der Waals surface area (Å²) in [4.78, 5) is 0. The van der Waals surface area contributed by atoms with Gasteiger partial charge in [-0.3, -0.25) is 0 Å². The Balaban J connectivity index is 1.85. The Morgan fingerprint density at radius 1 is 0.952 bits per heavy atom. The fourth-order valence-corrected chi connectivity index (χ4v) is 3.77. The molecule has 1 aliphatic carbocycles. The maximum absolute atomic E-state index is 6.23. The Morgan fingerprint density at radius 3 is 2.33 bits per heavy atom. The van der Waals surface area contributed by atoms with Crippen molar-refractivity contribution in [3.8, 4) is 0 Å². The van der Waals surface area contributed by atoms with Gasteiger partial charge >= 0.3 is 0 Å². The molecule has 0 saturated heterocycles. The van der Waals surface area contributed by atoms with Gasteiger partial charge in [-0.1, -0.05) is 53.0 Å². The standard InChI is InChI=1S/C17H16Cl3N/c1-10(12-6-5-11-3-2-4-13(11)7-12)21-17-15(19)8-14(18)9-16(17)20/h5-10,21H,2-4H2,1H3. The Morgan fingerprint density at radius 2 is 1.62 bits per heavy atom. The van der Waals surface area contributed by atoms with Crippen LogP contribution in [0.2, 0.25) is 15.1 Å². The Hall–Kier alpha value is -0.890. The quantitative estimate of drug-likeness (QED) is 0.690. The molecule has 1 nitrogen and oxygen atoms in total. The van der Waals surface area contributed by atoms with E-state index in [2.05, 4.69) is 30.4 Å². The fraction of sp³-hybridized carbons (Fsp3) is 0.294. The second-order valence-electron chi connectivity index (χ2n) is 5.49. The molecule has 0 radical (unpaired) electrons. The van der Waals surface area contributed by atoms with Crippen molar-refractivity contribution in [2.45, 2.75) is 32.2 Å². The SMILES string of the molecule is CC(Nc1c(Cl)cc(Cl)cc1Cl)c1ccc2c(c1)CCC2. The predicted octanol–water partition coefficient (Wildman–Crippen LogP) is 6.31. The smallest absolute Gasteiger partial charge is 0.0724 e. The Bertz CT molecular complexity index is 659. The van der Waals surface area contributed by atoms with E-state index < -0.39 is 0 Å². The molecule has 4 heteroatoms. The summed E-state index contributed by atoms with van der Waals surface area (Å²) in [5.74, 6) is 0. The monoisotopic (exact) mass is 339 g/mol. The number of hydrogen-bond donors (Lipinski definition) is 1. The predicted molar refractivity (Wildman–Crippen MR) is 92.0 cm³/mol. The van der Waals surface area contributed by atoms with Crippen LogP contribution in [-0.4, -0.2) is 0 Å². The summed E-state index contributed by atoms with van der Waals surface area (Å²) in [6, 6.07) is 10.2. The van der Waals surface area contributed by atoms with Gasteiger partial charge in [-0.05, 0) is 55.0 Å². The lowest BCUT2D eigenvalue weighted by Crippen LogP contribution is -2.08. The van der Waals surface area contributed by atoms with Crippen molar-refractivity contribution < 1.29 is 0 Å². The summed E-state index contributed by atoms with van der Waals surface area (Å²) < 4.78 is 0. The zero-order chi connectivity index (χ0) is 15.0. The van der Waals surface area contributed by atoms with E-state index in [4.69, 9.17) is 34.8 Å². The number of hydrogen-bond acceptors (Lipinski definition) is 1. The first-order chi connectivity index (χ1) is 10.0. The van der Waals surface area contributed by atoms with E-state index in [0.29, 0.717) is 15.1 Å². The van der Waals surface area contributed by atoms with Gasteiger partial charge in [0.2, 0.25) is 0 Å². The number of rotatable bonds is 3. The molecule has 2 aromatic rings. The van der Waals surface area contributed by atoms with Crippen LogP contribution in [0.15, 0.2) is 30.3 Å². The third kappa shape index (κ3) is 3.15. The molecule has 0 aromatic heterocycles. The van der Waals surface area contributed by atoms with E-state index in [1.54, 1.807) is 12.1 Å². The van der Waals surface area contributed by atoms with Crippen LogP contribution in [0.25, 0.3) is 0 Å². The molecule has 0 bridgehead atoms. The molecule has 0 spiro atoms. The molecule has 21 heavy (non-hydrogen) atoms. The number of benzene rings is 2. The summed E-state index contributed by atoms with van der Waals surface area (Å²) in [6.45, 7) is 2.11. The highest BCUT2D eigenvalue weighted by Crippen LogP contribution is 2.36. The summed E-state index contributed by atoms with van der Waals surface area (Å²) in [6.07, 6.45) is 3.64. The highest BCUT2D eigenvalue weighted by atomic mass is 35.5. The third-order valence-corrected chi connectivity index (χ3v) is 4.80. The fourth-order valence-electron chi connectivity index (χ4n) is 2.84. The third-order valence-electron chi connectivity index (χ3n) is 3.99. The van der Waals surface area contributed by atoms with Crippen molar-refractivity contribution >= 4 is 40.5 Å². The molecule has 3 rings (SSSR count). The van der Waals surface area contributed by atoms with Crippen LogP contribution in [0.3, 0.4) is 0 Å². The molecule has 0 fully saturated rings. The first kappa shape index (κ1) is 15.0. The molecule has 1 N–H and O–H groups in total. The molecule has 110 valence electrons. The van der Waals surface area contributed by atoms with Crippen molar-refractivity contribution in [3.05, 3.63) is 62.1 Å². The van der Waals surface area contributed by atoms with Crippen LogP contribution < -0.4 is 5.32 Å².